The Morgan fingerprint density at radius 2 is 1.88 bits per heavy atom. The standard InChI is InChI=1S/C9H17N3O4/c1-6(2)12(5-8(14)16-3)4-7(13)11-9(10)15/h6H,4-5H2,1-3H3,(H3,10,11,13,15). The molecule has 0 saturated carbocycles. The van der Waals surface area contributed by atoms with Gasteiger partial charge in [-0.15, -0.1) is 0 Å². The van der Waals surface area contributed by atoms with E-state index < -0.39 is 17.9 Å². The Morgan fingerprint density at radius 1 is 1.31 bits per heavy atom. The quantitative estimate of drug-likeness (QED) is 0.595. The number of methoxy groups -OCH3 is 1. The normalized spacial score (nSPS) is 10.3. The summed E-state index contributed by atoms with van der Waals surface area (Å²) in [6, 6.07) is -0.940. The monoisotopic (exact) mass is 231 g/mol. The van der Waals surface area contributed by atoms with E-state index in [0.29, 0.717) is 0 Å². The van der Waals surface area contributed by atoms with Crippen LogP contribution in [0.3, 0.4) is 0 Å². The first kappa shape index (κ1) is 14.4. The number of nitrogens with two attached hydrogens (primary N) is 1. The molecule has 3 N–H and O–H groups in total. The Balaban J connectivity index is 4.28. The molecule has 7 heteroatoms. The van der Waals surface area contributed by atoms with Crippen molar-refractivity contribution < 1.29 is 19.1 Å². The van der Waals surface area contributed by atoms with Crippen LogP contribution in [-0.4, -0.2) is 49.0 Å². The van der Waals surface area contributed by atoms with Gasteiger partial charge in [-0.2, -0.15) is 0 Å². The molecule has 0 unspecified atom stereocenters. The Labute approximate surface area is 93.9 Å². The molecular weight excluding hydrogens is 214 g/mol. The molecule has 0 heterocycles. The topological polar surface area (TPSA) is 102 Å². The minimum absolute atomic E-state index is 0.0135. The van der Waals surface area contributed by atoms with E-state index in [4.69, 9.17) is 5.73 Å². The zero-order valence-corrected chi connectivity index (χ0v) is 9.65. The number of rotatable bonds is 5. The first-order valence-electron chi connectivity index (χ1n) is 4.77. The molecule has 0 aromatic carbocycles. The van der Waals surface area contributed by atoms with E-state index in [-0.39, 0.29) is 19.1 Å². The molecule has 0 bridgehead atoms. The molecule has 0 aliphatic heterocycles. The van der Waals surface area contributed by atoms with Crippen LogP contribution in [0.2, 0.25) is 0 Å². The lowest BCUT2D eigenvalue weighted by molar-refractivity contribution is -0.142. The van der Waals surface area contributed by atoms with Crippen LogP contribution in [0, 0.1) is 0 Å². The van der Waals surface area contributed by atoms with Gasteiger partial charge in [-0.05, 0) is 13.8 Å². The van der Waals surface area contributed by atoms with Gasteiger partial charge in [0.15, 0.2) is 0 Å². The number of primary amides is 1. The third-order valence-electron chi connectivity index (χ3n) is 1.90. The summed E-state index contributed by atoms with van der Waals surface area (Å²) < 4.78 is 4.49. The lowest BCUT2D eigenvalue weighted by atomic mass is 10.3. The van der Waals surface area contributed by atoms with Gasteiger partial charge in [0.25, 0.3) is 0 Å². The molecule has 0 rings (SSSR count). The van der Waals surface area contributed by atoms with Gasteiger partial charge in [0.2, 0.25) is 5.91 Å². The first-order valence-corrected chi connectivity index (χ1v) is 4.77. The summed E-state index contributed by atoms with van der Waals surface area (Å²) in [5.41, 5.74) is 4.79. The minimum atomic E-state index is -0.910. The second-order valence-corrected chi connectivity index (χ2v) is 3.49. The van der Waals surface area contributed by atoms with Crippen molar-refractivity contribution in [3.8, 4) is 0 Å². The molecule has 0 radical (unpaired) electrons. The number of carbonyl (C=O) groups is 3. The van der Waals surface area contributed by atoms with Gasteiger partial charge in [-0.1, -0.05) is 0 Å². The van der Waals surface area contributed by atoms with E-state index in [1.54, 1.807) is 4.90 Å². The fourth-order valence-electron chi connectivity index (χ4n) is 1.01. The molecule has 0 saturated heterocycles. The van der Waals surface area contributed by atoms with Crippen molar-refractivity contribution in [2.45, 2.75) is 19.9 Å². The molecule has 0 aliphatic rings. The van der Waals surface area contributed by atoms with Crippen LogP contribution < -0.4 is 11.1 Å². The first-order chi connectivity index (χ1) is 7.36. The SMILES string of the molecule is COC(=O)CN(CC(=O)NC(N)=O)C(C)C. The third-order valence-corrected chi connectivity index (χ3v) is 1.90. The number of urea groups is 1. The molecule has 7 nitrogen and oxygen atoms in total. The van der Waals surface area contributed by atoms with E-state index >= 15 is 0 Å². The number of nitrogens with zero attached hydrogens (tertiary/aromatic N) is 1. The van der Waals surface area contributed by atoms with Crippen LogP contribution in [0.25, 0.3) is 0 Å². The second-order valence-electron chi connectivity index (χ2n) is 3.49. The number of hydrogen-bond donors (Lipinski definition) is 2. The smallest absolute Gasteiger partial charge is 0.319 e. The Morgan fingerprint density at radius 3 is 2.25 bits per heavy atom. The van der Waals surface area contributed by atoms with Crippen molar-refractivity contribution in [2.75, 3.05) is 20.2 Å². The summed E-state index contributed by atoms with van der Waals surface area (Å²) in [6.45, 7) is 3.54. The fraction of sp³-hybridized carbons (Fsp3) is 0.667. The van der Waals surface area contributed by atoms with Crippen LogP contribution in [-0.2, 0) is 14.3 Å². The summed E-state index contributed by atoms with van der Waals surface area (Å²) in [7, 11) is 1.27. The van der Waals surface area contributed by atoms with E-state index in [9.17, 15) is 14.4 Å². The average molecular weight is 231 g/mol. The maximum absolute atomic E-state index is 11.2. The third kappa shape index (κ3) is 5.97. The van der Waals surface area contributed by atoms with Crippen LogP contribution in [0.4, 0.5) is 4.79 Å². The highest BCUT2D eigenvalue weighted by Gasteiger charge is 2.18. The second kappa shape index (κ2) is 6.78. The minimum Gasteiger partial charge on any atom is -0.468 e. The molecule has 0 aromatic heterocycles. The number of amides is 3. The summed E-state index contributed by atoms with van der Waals surface area (Å²) in [4.78, 5) is 34.3. The summed E-state index contributed by atoms with van der Waals surface area (Å²) >= 11 is 0. The summed E-state index contributed by atoms with van der Waals surface area (Å²) in [6.07, 6.45) is 0. The summed E-state index contributed by atoms with van der Waals surface area (Å²) in [5, 5.41) is 1.93. The van der Waals surface area contributed by atoms with Crippen molar-refractivity contribution in [3.05, 3.63) is 0 Å². The number of hydrogen-bond acceptors (Lipinski definition) is 5. The molecule has 0 spiro atoms. The number of esters is 1. The number of imide groups is 1. The Kier molecular flexibility index (Phi) is 6.09. The van der Waals surface area contributed by atoms with Gasteiger partial charge in [0.05, 0.1) is 20.2 Å². The zero-order chi connectivity index (χ0) is 12.7. The largest absolute Gasteiger partial charge is 0.468 e. The Bertz CT molecular complexity index is 278. The van der Waals surface area contributed by atoms with E-state index in [1.165, 1.54) is 7.11 Å². The molecule has 0 aromatic rings. The van der Waals surface area contributed by atoms with Crippen LogP contribution in [0.15, 0.2) is 0 Å². The zero-order valence-electron chi connectivity index (χ0n) is 9.65. The van der Waals surface area contributed by atoms with Crippen LogP contribution >= 0.6 is 0 Å². The molecule has 92 valence electrons. The fourth-order valence-corrected chi connectivity index (χ4v) is 1.01. The van der Waals surface area contributed by atoms with Gasteiger partial charge < -0.3 is 10.5 Å². The molecular formula is C9H17N3O4. The van der Waals surface area contributed by atoms with Crippen molar-refractivity contribution in [1.82, 2.24) is 10.2 Å². The molecule has 16 heavy (non-hydrogen) atoms. The lowest BCUT2D eigenvalue weighted by Crippen LogP contribution is -2.46. The van der Waals surface area contributed by atoms with Gasteiger partial charge in [-0.3, -0.25) is 19.8 Å². The predicted molar refractivity (Wildman–Crippen MR) is 56.5 cm³/mol. The molecule has 0 aliphatic carbocycles. The number of carbonyl (C=O) groups excluding carboxylic acids is 3. The predicted octanol–water partition coefficient (Wildman–Crippen LogP) is -0.935. The van der Waals surface area contributed by atoms with Crippen molar-refractivity contribution in [1.29, 1.82) is 0 Å². The van der Waals surface area contributed by atoms with E-state index in [1.807, 2.05) is 19.2 Å². The summed E-state index contributed by atoms with van der Waals surface area (Å²) in [5.74, 6) is -0.995. The van der Waals surface area contributed by atoms with Crippen molar-refractivity contribution in [2.24, 2.45) is 5.73 Å². The Hall–Kier alpha value is -1.63. The highest BCUT2D eigenvalue weighted by Crippen LogP contribution is 1.97. The maximum atomic E-state index is 11.2. The van der Waals surface area contributed by atoms with E-state index in [0.717, 1.165) is 0 Å². The highest BCUT2D eigenvalue weighted by molar-refractivity contribution is 5.94. The van der Waals surface area contributed by atoms with E-state index in [2.05, 4.69) is 4.74 Å². The highest BCUT2D eigenvalue weighted by atomic mass is 16.5. The van der Waals surface area contributed by atoms with Crippen LogP contribution in [0.1, 0.15) is 13.8 Å². The van der Waals surface area contributed by atoms with Crippen LogP contribution in [0.5, 0.6) is 0 Å². The van der Waals surface area contributed by atoms with Gasteiger partial charge >= 0.3 is 12.0 Å². The average Bonchev–Trinajstić information content (AvgIpc) is 2.14. The molecule has 3 amide bonds. The van der Waals surface area contributed by atoms with Gasteiger partial charge in [0, 0.05) is 6.04 Å². The lowest BCUT2D eigenvalue weighted by Gasteiger charge is -2.23. The van der Waals surface area contributed by atoms with Crippen molar-refractivity contribution >= 4 is 17.9 Å². The van der Waals surface area contributed by atoms with Crippen molar-refractivity contribution in [3.63, 3.8) is 0 Å². The van der Waals surface area contributed by atoms with Gasteiger partial charge in [0.1, 0.15) is 0 Å². The number of nitrogens with one attached hydrogen (secondary N) is 1. The number of ether oxygens (including phenoxy) is 1. The maximum Gasteiger partial charge on any atom is 0.319 e. The molecule has 0 atom stereocenters. The van der Waals surface area contributed by atoms with Gasteiger partial charge in [-0.25, -0.2) is 4.79 Å². The molecule has 0 fully saturated rings.